The maximum Gasteiger partial charge on any atom is 1.00 e. The van der Waals surface area contributed by atoms with Gasteiger partial charge in [0.2, 0.25) is 0 Å². The fourth-order valence-corrected chi connectivity index (χ4v) is 1.04. The summed E-state index contributed by atoms with van der Waals surface area (Å²) in [5.74, 6) is 0. The molecule has 13 heavy (non-hydrogen) atoms. The fourth-order valence-electron chi connectivity index (χ4n) is 0.659. The molecule has 1 atom stereocenters. The van der Waals surface area contributed by atoms with Crippen molar-refractivity contribution in [3.63, 3.8) is 0 Å². The summed E-state index contributed by atoms with van der Waals surface area (Å²) >= 11 is 0. The Labute approximate surface area is 101 Å². The molecule has 0 aliphatic rings. The van der Waals surface area contributed by atoms with Crippen LogP contribution in [0.25, 0.3) is 0 Å². The normalized spacial score (nSPS) is 13.6. The summed E-state index contributed by atoms with van der Waals surface area (Å²) in [6, 6.07) is 0. The summed E-state index contributed by atoms with van der Waals surface area (Å²) < 4.78 is 4.42. The van der Waals surface area contributed by atoms with E-state index in [4.69, 9.17) is 15.1 Å². The Bertz CT molecular complexity index is 111. The summed E-state index contributed by atoms with van der Waals surface area (Å²) in [6.45, 7) is 1.13. The van der Waals surface area contributed by atoms with E-state index in [1.54, 1.807) is 6.92 Å². The number of aliphatic hydroxyl groups excluding tert-OH is 2. The molecule has 3 N–H and O–H groups in total. The van der Waals surface area contributed by atoms with Crippen LogP contribution >= 0.6 is 8.60 Å². The third kappa shape index (κ3) is 6.33. The van der Waals surface area contributed by atoms with E-state index in [0.29, 0.717) is 6.42 Å². The summed E-state index contributed by atoms with van der Waals surface area (Å²) in [6.07, 6.45) is 0.489. The van der Waals surface area contributed by atoms with Gasteiger partial charge in [-0.15, -0.1) is 0 Å². The van der Waals surface area contributed by atoms with Crippen LogP contribution in [0.15, 0.2) is 0 Å². The first-order valence-electron chi connectivity index (χ1n) is 3.61. The third-order valence-corrected chi connectivity index (χ3v) is 2.25. The van der Waals surface area contributed by atoms with Crippen molar-refractivity contribution in [1.82, 2.24) is 0 Å². The van der Waals surface area contributed by atoms with Crippen LogP contribution < -0.4 is 34.5 Å². The Balaban J connectivity index is 0. The maximum absolute atomic E-state index is 10.2. The van der Waals surface area contributed by atoms with Gasteiger partial charge < -0.3 is 24.5 Å². The van der Waals surface area contributed by atoms with Gasteiger partial charge in [0.05, 0.1) is 28.4 Å². The van der Waals surface area contributed by atoms with Crippen molar-refractivity contribution >= 4 is 8.60 Å². The Hall–Kier alpha value is 1.23. The van der Waals surface area contributed by atoms with Crippen molar-refractivity contribution in [2.75, 3.05) is 19.8 Å². The minimum absolute atomic E-state index is 0. The van der Waals surface area contributed by atoms with Crippen molar-refractivity contribution in [3.05, 3.63) is 0 Å². The molecular formula is C6H14NaO5P. The van der Waals surface area contributed by atoms with Crippen LogP contribution in [0.1, 0.15) is 13.3 Å². The average molecular weight is 220 g/mol. The molecule has 0 saturated carbocycles. The minimum atomic E-state index is -2.65. The zero-order valence-corrected chi connectivity index (χ0v) is 10.8. The van der Waals surface area contributed by atoms with Gasteiger partial charge in [-0.3, -0.25) is 0 Å². The van der Waals surface area contributed by atoms with Crippen molar-refractivity contribution in [1.29, 1.82) is 0 Å². The van der Waals surface area contributed by atoms with E-state index in [2.05, 4.69) is 4.52 Å². The molecule has 0 aromatic rings. The van der Waals surface area contributed by atoms with Gasteiger partial charge in [-0.1, -0.05) is 6.92 Å². The molecule has 0 aromatic heterocycles. The van der Waals surface area contributed by atoms with Crippen LogP contribution in [0.3, 0.4) is 0 Å². The van der Waals surface area contributed by atoms with E-state index < -0.39 is 14.0 Å². The Morgan fingerprint density at radius 1 is 1.38 bits per heavy atom. The molecule has 0 saturated heterocycles. The zero-order chi connectivity index (χ0) is 9.61. The number of rotatable bonds is 6. The summed E-state index contributed by atoms with van der Waals surface area (Å²) in [4.78, 5) is 18.5. The van der Waals surface area contributed by atoms with Crippen LogP contribution in [0, 0.1) is 5.41 Å². The summed E-state index contributed by atoms with van der Waals surface area (Å²) in [7, 11) is -2.65. The molecule has 0 fully saturated rings. The largest absolute Gasteiger partial charge is 1.00 e. The fraction of sp³-hybridized carbons (Fsp3) is 1.00. The number of hydrogen-bond acceptors (Lipinski definition) is 5. The first-order valence-corrected chi connectivity index (χ1v) is 4.74. The molecule has 0 heterocycles. The molecule has 0 amide bonds. The first-order chi connectivity index (χ1) is 5.60. The minimum Gasteiger partial charge on any atom is -0.786 e. The molecule has 5 nitrogen and oxygen atoms in total. The smallest absolute Gasteiger partial charge is 0.786 e. The first kappa shape index (κ1) is 16.7. The Morgan fingerprint density at radius 3 is 2.08 bits per heavy atom. The van der Waals surface area contributed by atoms with Crippen molar-refractivity contribution < 1.29 is 54.1 Å². The molecule has 0 aromatic carbocycles. The van der Waals surface area contributed by atoms with E-state index in [1.807, 2.05) is 0 Å². The Morgan fingerprint density at radius 2 is 1.85 bits per heavy atom. The van der Waals surface area contributed by atoms with Crippen LogP contribution in [0.2, 0.25) is 0 Å². The van der Waals surface area contributed by atoms with E-state index in [1.165, 1.54) is 0 Å². The van der Waals surface area contributed by atoms with Gasteiger partial charge in [-0.2, -0.15) is 0 Å². The number of hydrogen-bond donors (Lipinski definition) is 3. The van der Waals surface area contributed by atoms with Crippen LogP contribution in [0.4, 0.5) is 0 Å². The molecule has 0 aliphatic heterocycles. The van der Waals surface area contributed by atoms with Crippen LogP contribution in [-0.2, 0) is 4.52 Å². The van der Waals surface area contributed by atoms with Crippen LogP contribution in [-0.4, -0.2) is 34.9 Å². The van der Waals surface area contributed by atoms with Gasteiger partial charge >= 0.3 is 29.6 Å². The van der Waals surface area contributed by atoms with E-state index in [-0.39, 0.29) is 49.4 Å². The monoisotopic (exact) mass is 220 g/mol. The topological polar surface area (TPSA) is 93.0 Å². The summed E-state index contributed by atoms with van der Waals surface area (Å²) in [5.41, 5.74) is -0.798. The SMILES string of the molecule is CCC(CO)(CO)COP([O-])O.[Na+]. The molecule has 0 radical (unpaired) electrons. The molecule has 0 aliphatic carbocycles. The summed E-state index contributed by atoms with van der Waals surface area (Å²) in [5, 5.41) is 17.7. The van der Waals surface area contributed by atoms with Crippen molar-refractivity contribution in [2.24, 2.45) is 5.41 Å². The molecule has 0 rings (SSSR count). The third-order valence-electron chi connectivity index (χ3n) is 1.90. The van der Waals surface area contributed by atoms with E-state index >= 15 is 0 Å². The second-order valence-corrected chi connectivity index (χ2v) is 3.41. The van der Waals surface area contributed by atoms with Crippen LogP contribution in [0.5, 0.6) is 0 Å². The molecular weight excluding hydrogens is 206 g/mol. The van der Waals surface area contributed by atoms with Gasteiger partial charge in [0.15, 0.2) is 0 Å². The van der Waals surface area contributed by atoms with E-state index in [9.17, 15) is 4.89 Å². The predicted molar refractivity (Wildman–Crippen MR) is 42.0 cm³/mol. The van der Waals surface area contributed by atoms with Gasteiger partial charge in [-0.05, 0) is 6.42 Å². The van der Waals surface area contributed by atoms with Crippen molar-refractivity contribution in [2.45, 2.75) is 13.3 Å². The van der Waals surface area contributed by atoms with Gasteiger partial charge in [-0.25, -0.2) is 0 Å². The molecule has 0 bridgehead atoms. The molecule has 1 unspecified atom stereocenters. The van der Waals surface area contributed by atoms with Gasteiger partial charge in [0, 0.05) is 5.41 Å². The van der Waals surface area contributed by atoms with Gasteiger partial charge in [0.1, 0.15) is 0 Å². The molecule has 74 valence electrons. The number of aliphatic hydroxyl groups is 2. The predicted octanol–water partition coefficient (Wildman–Crippen LogP) is -4.03. The average Bonchev–Trinajstić information content (AvgIpc) is 2.08. The Kier molecular flexibility index (Phi) is 10.9. The second-order valence-electron chi connectivity index (χ2n) is 2.68. The van der Waals surface area contributed by atoms with Crippen molar-refractivity contribution in [3.8, 4) is 0 Å². The maximum atomic E-state index is 10.2. The standard InChI is InChI=1S/C6H14O5P.Na/c1-2-6(3-7,4-8)5-11-12(9)10;/h7-9H,2-5H2,1H3;/q-1;+1. The van der Waals surface area contributed by atoms with Gasteiger partial charge in [0.25, 0.3) is 0 Å². The van der Waals surface area contributed by atoms with E-state index in [0.717, 1.165) is 0 Å². The quantitative estimate of drug-likeness (QED) is 0.313. The second kappa shape index (κ2) is 8.53. The molecule has 7 heteroatoms. The molecule has 0 spiro atoms. The zero-order valence-electron chi connectivity index (χ0n) is 7.93.